The molecule has 0 aromatic heterocycles. The van der Waals surface area contributed by atoms with Gasteiger partial charge >= 0.3 is 6.18 Å². The van der Waals surface area contributed by atoms with Crippen molar-refractivity contribution < 1.29 is 27.4 Å². The number of benzene rings is 1. The van der Waals surface area contributed by atoms with Crippen LogP contribution >= 0.6 is 0 Å². The molecule has 0 fully saturated rings. The van der Waals surface area contributed by atoms with E-state index in [0.717, 1.165) is 0 Å². The smallest absolute Gasteiger partial charge is 0.422 e. The zero-order chi connectivity index (χ0) is 15.2. The van der Waals surface area contributed by atoms with E-state index in [9.17, 15) is 18.0 Å². The first-order valence-corrected chi connectivity index (χ1v) is 5.99. The fraction of sp³-hybridized carbons (Fsp3) is 0.462. The summed E-state index contributed by atoms with van der Waals surface area (Å²) >= 11 is 0. The van der Waals surface area contributed by atoms with Gasteiger partial charge in [0.2, 0.25) is 0 Å². The Bertz CT molecular complexity index is 449. The standard InChI is InChI=1S/C13H16F3NO3/c1-3-17(2)12(18)8-19-10-6-4-5-7-11(10)20-9-13(14,15)16/h4-7H,3,8-9H2,1-2H3. The summed E-state index contributed by atoms with van der Waals surface area (Å²) in [5.41, 5.74) is 0. The average Bonchev–Trinajstić information content (AvgIpc) is 2.41. The number of halogens is 3. The number of likely N-dealkylation sites (N-methyl/N-ethyl adjacent to an activating group) is 1. The van der Waals surface area contributed by atoms with Crippen LogP contribution in [-0.2, 0) is 4.79 Å². The lowest BCUT2D eigenvalue weighted by Crippen LogP contribution is -2.31. The molecule has 0 radical (unpaired) electrons. The molecule has 0 heterocycles. The van der Waals surface area contributed by atoms with Gasteiger partial charge in [0.25, 0.3) is 5.91 Å². The van der Waals surface area contributed by atoms with E-state index in [2.05, 4.69) is 4.74 Å². The highest BCUT2D eigenvalue weighted by Crippen LogP contribution is 2.28. The fourth-order valence-corrected chi connectivity index (χ4v) is 1.27. The third-order valence-electron chi connectivity index (χ3n) is 2.49. The first-order chi connectivity index (χ1) is 9.33. The number of alkyl halides is 3. The monoisotopic (exact) mass is 291 g/mol. The van der Waals surface area contributed by atoms with Crippen molar-refractivity contribution >= 4 is 5.91 Å². The molecule has 1 aromatic rings. The van der Waals surface area contributed by atoms with Crippen molar-refractivity contribution in [2.45, 2.75) is 13.1 Å². The molecule has 0 bridgehead atoms. The van der Waals surface area contributed by atoms with Crippen molar-refractivity contribution in [1.82, 2.24) is 4.90 Å². The average molecular weight is 291 g/mol. The van der Waals surface area contributed by atoms with Gasteiger partial charge in [0.15, 0.2) is 24.7 Å². The van der Waals surface area contributed by atoms with Gasteiger partial charge in [-0.3, -0.25) is 4.79 Å². The van der Waals surface area contributed by atoms with Crippen LogP contribution in [0.1, 0.15) is 6.92 Å². The Kier molecular flexibility index (Phi) is 5.66. The highest BCUT2D eigenvalue weighted by atomic mass is 19.4. The largest absolute Gasteiger partial charge is 0.480 e. The lowest BCUT2D eigenvalue weighted by Gasteiger charge is -2.16. The molecule has 0 N–H and O–H groups in total. The fourth-order valence-electron chi connectivity index (χ4n) is 1.27. The molecule has 0 atom stereocenters. The van der Waals surface area contributed by atoms with Gasteiger partial charge in [0.1, 0.15) is 0 Å². The molecule has 0 saturated heterocycles. The van der Waals surface area contributed by atoms with Crippen molar-refractivity contribution in [2.24, 2.45) is 0 Å². The number of nitrogens with zero attached hydrogens (tertiary/aromatic N) is 1. The zero-order valence-electron chi connectivity index (χ0n) is 11.2. The van der Waals surface area contributed by atoms with Crippen molar-refractivity contribution in [3.05, 3.63) is 24.3 Å². The Hall–Kier alpha value is -1.92. The number of ether oxygens (including phenoxy) is 2. The predicted octanol–water partition coefficient (Wildman–Crippen LogP) is 2.48. The molecule has 112 valence electrons. The third kappa shape index (κ3) is 5.38. The molecule has 0 spiro atoms. The highest BCUT2D eigenvalue weighted by Gasteiger charge is 2.29. The summed E-state index contributed by atoms with van der Waals surface area (Å²) in [6.07, 6.45) is -4.43. The van der Waals surface area contributed by atoms with Gasteiger partial charge in [-0.15, -0.1) is 0 Å². The summed E-state index contributed by atoms with van der Waals surface area (Å²) in [7, 11) is 1.61. The van der Waals surface area contributed by atoms with E-state index < -0.39 is 12.8 Å². The molecule has 0 aliphatic heterocycles. The topological polar surface area (TPSA) is 38.8 Å². The Balaban J connectivity index is 2.64. The molecule has 1 amide bonds. The minimum absolute atomic E-state index is 0.0447. The number of carbonyl (C=O) groups is 1. The summed E-state index contributed by atoms with van der Waals surface area (Å²) in [6, 6.07) is 5.92. The maximum absolute atomic E-state index is 12.1. The maximum Gasteiger partial charge on any atom is 0.422 e. The normalized spacial score (nSPS) is 11.1. The molecule has 1 aromatic carbocycles. The van der Waals surface area contributed by atoms with E-state index in [1.165, 1.54) is 23.1 Å². The lowest BCUT2D eigenvalue weighted by atomic mass is 10.3. The van der Waals surface area contributed by atoms with Crippen molar-refractivity contribution in [3.63, 3.8) is 0 Å². The molecule has 7 heteroatoms. The minimum Gasteiger partial charge on any atom is -0.480 e. The second kappa shape index (κ2) is 7.02. The number of rotatable bonds is 6. The number of hydrogen-bond donors (Lipinski definition) is 0. The second-order valence-electron chi connectivity index (χ2n) is 4.05. The number of hydrogen-bond acceptors (Lipinski definition) is 3. The highest BCUT2D eigenvalue weighted by molar-refractivity contribution is 5.77. The molecule has 0 unspecified atom stereocenters. The van der Waals surface area contributed by atoms with Crippen LogP contribution in [0.4, 0.5) is 13.2 Å². The van der Waals surface area contributed by atoms with Gasteiger partial charge in [0.05, 0.1) is 0 Å². The lowest BCUT2D eigenvalue weighted by molar-refractivity contribution is -0.153. The Morgan fingerprint density at radius 1 is 1.20 bits per heavy atom. The van der Waals surface area contributed by atoms with Gasteiger partial charge in [-0.2, -0.15) is 13.2 Å². The molecule has 0 aliphatic rings. The maximum atomic E-state index is 12.1. The summed E-state index contributed by atoms with van der Waals surface area (Å²) in [5, 5.41) is 0. The zero-order valence-corrected chi connectivity index (χ0v) is 11.2. The molecular formula is C13H16F3NO3. The Labute approximate surface area is 115 Å². The molecule has 4 nitrogen and oxygen atoms in total. The van der Waals surface area contributed by atoms with E-state index in [1.807, 2.05) is 0 Å². The minimum atomic E-state index is -4.43. The summed E-state index contributed by atoms with van der Waals surface area (Å²) in [5.74, 6) is -0.204. The first kappa shape index (κ1) is 16.1. The van der Waals surface area contributed by atoms with Gasteiger partial charge in [-0.05, 0) is 19.1 Å². The van der Waals surface area contributed by atoms with Crippen LogP contribution in [0.5, 0.6) is 11.5 Å². The Morgan fingerprint density at radius 3 is 2.25 bits per heavy atom. The quantitative estimate of drug-likeness (QED) is 0.808. The van der Waals surface area contributed by atoms with E-state index >= 15 is 0 Å². The molecule has 20 heavy (non-hydrogen) atoms. The van der Waals surface area contributed by atoms with Crippen molar-refractivity contribution in [1.29, 1.82) is 0 Å². The van der Waals surface area contributed by atoms with Gasteiger partial charge in [-0.1, -0.05) is 12.1 Å². The number of para-hydroxylation sites is 2. The van der Waals surface area contributed by atoms with E-state index in [0.29, 0.717) is 6.54 Å². The van der Waals surface area contributed by atoms with E-state index in [-0.39, 0.29) is 24.0 Å². The molecule has 0 saturated carbocycles. The van der Waals surface area contributed by atoms with Crippen LogP contribution in [0.3, 0.4) is 0 Å². The van der Waals surface area contributed by atoms with Crippen LogP contribution in [0.15, 0.2) is 24.3 Å². The van der Waals surface area contributed by atoms with E-state index in [4.69, 9.17) is 4.74 Å². The molecule has 0 aliphatic carbocycles. The SMILES string of the molecule is CCN(C)C(=O)COc1ccccc1OCC(F)(F)F. The number of carbonyl (C=O) groups excluding carboxylic acids is 1. The van der Waals surface area contributed by atoms with Crippen molar-refractivity contribution in [2.75, 3.05) is 26.8 Å². The summed E-state index contributed by atoms with van der Waals surface area (Å²) in [4.78, 5) is 13.0. The van der Waals surface area contributed by atoms with Gasteiger partial charge < -0.3 is 14.4 Å². The molecular weight excluding hydrogens is 275 g/mol. The second-order valence-corrected chi connectivity index (χ2v) is 4.05. The molecule has 1 rings (SSSR count). The van der Waals surface area contributed by atoms with Crippen LogP contribution in [-0.4, -0.2) is 43.8 Å². The summed E-state index contributed by atoms with van der Waals surface area (Å²) in [6.45, 7) is 0.666. The van der Waals surface area contributed by atoms with Gasteiger partial charge in [0, 0.05) is 13.6 Å². The number of amides is 1. The first-order valence-electron chi connectivity index (χ1n) is 5.99. The van der Waals surface area contributed by atoms with E-state index in [1.54, 1.807) is 20.0 Å². The van der Waals surface area contributed by atoms with Crippen LogP contribution in [0, 0.1) is 0 Å². The van der Waals surface area contributed by atoms with Crippen molar-refractivity contribution in [3.8, 4) is 11.5 Å². The Morgan fingerprint density at radius 2 is 1.75 bits per heavy atom. The van der Waals surface area contributed by atoms with Crippen LogP contribution in [0.25, 0.3) is 0 Å². The summed E-state index contributed by atoms with van der Waals surface area (Å²) < 4.78 is 46.2. The van der Waals surface area contributed by atoms with Gasteiger partial charge in [-0.25, -0.2) is 0 Å². The van der Waals surface area contributed by atoms with Crippen LogP contribution < -0.4 is 9.47 Å². The van der Waals surface area contributed by atoms with Crippen LogP contribution in [0.2, 0.25) is 0 Å². The predicted molar refractivity (Wildman–Crippen MR) is 66.8 cm³/mol. The third-order valence-corrected chi connectivity index (χ3v) is 2.49.